The highest BCUT2D eigenvalue weighted by atomic mass is 16.5. The van der Waals surface area contributed by atoms with Crippen molar-refractivity contribution in [3.05, 3.63) is 0 Å². The number of aliphatic carboxylic acids is 2. The molecule has 0 aromatic carbocycles. The number of nitrogens with one attached hydrogen (secondary N) is 1. The summed E-state index contributed by atoms with van der Waals surface area (Å²) >= 11 is 0. The highest BCUT2D eigenvalue weighted by Gasteiger charge is 2.45. The minimum atomic E-state index is -1.49. The summed E-state index contributed by atoms with van der Waals surface area (Å²) in [5.41, 5.74) is -1.49. The molecule has 0 amide bonds. The van der Waals surface area contributed by atoms with E-state index in [1.165, 1.54) is 0 Å². The standard InChI is InChI=1S/C25H46N2O8/c1-5-9-17-27(18-10-6-2)25(24(32)33,19-21(28)29)15-12-11-13-20(23(31)35-8-4)26-16-14-22(30)34-7-3/h20,26H,5-19H2,1-4H3,(H,28,29)(H,32,33). The first-order valence-corrected chi connectivity index (χ1v) is 12.9. The lowest BCUT2D eigenvalue weighted by Crippen LogP contribution is -2.56. The van der Waals surface area contributed by atoms with Gasteiger partial charge in [-0.2, -0.15) is 0 Å². The van der Waals surface area contributed by atoms with Gasteiger partial charge in [0.25, 0.3) is 0 Å². The molecule has 0 bridgehead atoms. The normalized spacial score (nSPS) is 13.7. The van der Waals surface area contributed by atoms with Gasteiger partial charge in [0, 0.05) is 6.54 Å². The summed E-state index contributed by atoms with van der Waals surface area (Å²) in [6.45, 7) is 9.27. The van der Waals surface area contributed by atoms with Gasteiger partial charge in [-0.3, -0.25) is 24.1 Å². The molecule has 0 aliphatic carbocycles. The molecule has 0 fully saturated rings. The molecule has 0 aliphatic rings. The van der Waals surface area contributed by atoms with Crippen LogP contribution in [0.2, 0.25) is 0 Å². The monoisotopic (exact) mass is 502 g/mol. The molecule has 10 nitrogen and oxygen atoms in total. The number of ether oxygens (including phenoxy) is 2. The zero-order valence-corrected chi connectivity index (χ0v) is 22.0. The summed E-state index contributed by atoms with van der Waals surface area (Å²) in [4.78, 5) is 49.9. The molecular formula is C25H46N2O8. The first kappa shape index (κ1) is 32.8. The van der Waals surface area contributed by atoms with Crippen LogP contribution in [0.5, 0.6) is 0 Å². The third-order valence-corrected chi connectivity index (χ3v) is 5.94. The lowest BCUT2D eigenvalue weighted by molar-refractivity contribution is -0.159. The summed E-state index contributed by atoms with van der Waals surface area (Å²) in [6.07, 6.45) is 4.46. The number of carbonyl (C=O) groups is 4. The van der Waals surface area contributed by atoms with E-state index in [4.69, 9.17) is 9.47 Å². The number of nitrogens with zero attached hydrogens (tertiary/aromatic N) is 1. The number of esters is 2. The van der Waals surface area contributed by atoms with Crippen molar-refractivity contribution < 1.29 is 38.9 Å². The van der Waals surface area contributed by atoms with Crippen LogP contribution in [0.4, 0.5) is 0 Å². The number of carboxylic acid groups (broad SMARTS) is 2. The third-order valence-electron chi connectivity index (χ3n) is 5.94. The van der Waals surface area contributed by atoms with Crippen molar-refractivity contribution in [3.8, 4) is 0 Å². The topological polar surface area (TPSA) is 142 Å². The molecule has 204 valence electrons. The molecule has 0 aromatic heterocycles. The number of rotatable bonds is 22. The molecule has 0 saturated carbocycles. The Hall–Kier alpha value is -2.20. The zero-order valence-electron chi connectivity index (χ0n) is 22.0. The zero-order chi connectivity index (χ0) is 26.7. The Morgan fingerprint density at radius 3 is 1.97 bits per heavy atom. The van der Waals surface area contributed by atoms with Gasteiger partial charge < -0.3 is 25.0 Å². The predicted molar refractivity (Wildman–Crippen MR) is 132 cm³/mol. The van der Waals surface area contributed by atoms with Gasteiger partial charge in [0.05, 0.1) is 26.1 Å². The Labute approximate surface area is 209 Å². The summed E-state index contributed by atoms with van der Waals surface area (Å²) in [6, 6.07) is -0.639. The fourth-order valence-electron chi connectivity index (χ4n) is 4.06. The molecule has 0 heterocycles. The van der Waals surface area contributed by atoms with E-state index in [9.17, 15) is 29.4 Å². The molecule has 3 N–H and O–H groups in total. The van der Waals surface area contributed by atoms with Gasteiger partial charge in [-0.1, -0.05) is 39.5 Å². The van der Waals surface area contributed by atoms with Crippen LogP contribution in [0.3, 0.4) is 0 Å². The largest absolute Gasteiger partial charge is 0.481 e. The molecule has 2 atom stereocenters. The number of hydrogen-bond donors (Lipinski definition) is 3. The van der Waals surface area contributed by atoms with Gasteiger partial charge in [0.15, 0.2) is 0 Å². The lowest BCUT2D eigenvalue weighted by atomic mass is 9.85. The van der Waals surface area contributed by atoms with Crippen molar-refractivity contribution in [2.45, 2.75) is 103 Å². The molecular weight excluding hydrogens is 456 g/mol. The van der Waals surface area contributed by atoms with Gasteiger partial charge in [0.1, 0.15) is 11.6 Å². The summed E-state index contributed by atoms with van der Waals surface area (Å²) < 4.78 is 10.0. The second-order valence-electron chi connectivity index (χ2n) is 8.66. The second kappa shape index (κ2) is 19.0. The SMILES string of the molecule is CCCCN(CCCC)C(CCCCC(NCCC(=O)OCC)C(=O)OCC)(CC(=O)O)C(=O)O. The van der Waals surface area contributed by atoms with Crippen LogP contribution >= 0.6 is 0 Å². The maximum absolute atomic E-state index is 12.5. The van der Waals surface area contributed by atoms with Crippen molar-refractivity contribution in [2.24, 2.45) is 0 Å². The van der Waals surface area contributed by atoms with E-state index in [-0.39, 0.29) is 38.6 Å². The molecule has 0 aromatic rings. The fraction of sp³-hybridized carbons (Fsp3) is 0.840. The van der Waals surface area contributed by atoms with E-state index in [1.54, 1.807) is 13.8 Å². The first-order chi connectivity index (χ1) is 16.7. The Morgan fingerprint density at radius 2 is 1.49 bits per heavy atom. The number of unbranched alkanes of at least 4 members (excludes halogenated alkanes) is 3. The Balaban J connectivity index is 5.33. The van der Waals surface area contributed by atoms with Crippen molar-refractivity contribution in [2.75, 3.05) is 32.8 Å². The molecule has 0 saturated heterocycles. The third kappa shape index (κ3) is 12.9. The Bertz CT molecular complexity index is 635. The van der Waals surface area contributed by atoms with Crippen LogP contribution in [0.25, 0.3) is 0 Å². The van der Waals surface area contributed by atoms with Gasteiger partial charge in [0.2, 0.25) is 0 Å². The summed E-state index contributed by atoms with van der Waals surface area (Å²) in [5.74, 6) is -3.06. The number of carbonyl (C=O) groups excluding carboxylic acids is 2. The maximum Gasteiger partial charge on any atom is 0.324 e. The molecule has 0 rings (SSSR count). The van der Waals surface area contributed by atoms with Crippen molar-refractivity contribution in [1.82, 2.24) is 10.2 Å². The van der Waals surface area contributed by atoms with Crippen LogP contribution in [0.1, 0.15) is 91.9 Å². The Kier molecular flexibility index (Phi) is 17.8. The van der Waals surface area contributed by atoms with E-state index in [0.717, 1.165) is 25.7 Å². The van der Waals surface area contributed by atoms with Gasteiger partial charge >= 0.3 is 23.9 Å². The molecule has 2 unspecified atom stereocenters. The van der Waals surface area contributed by atoms with Crippen LogP contribution < -0.4 is 5.32 Å². The fourth-order valence-corrected chi connectivity index (χ4v) is 4.06. The average Bonchev–Trinajstić information content (AvgIpc) is 2.79. The highest BCUT2D eigenvalue weighted by molar-refractivity contribution is 5.85. The smallest absolute Gasteiger partial charge is 0.324 e. The molecule has 0 aliphatic heterocycles. The highest BCUT2D eigenvalue weighted by Crippen LogP contribution is 2.29. The first-order valence-electron chi connectivity index (χ1n) is 12.9. The molecule has 0 spiro atoms. The summed E-state index contributed by atoms with van der Waals surface area (Å²) in [5, 5.41) is 22.8. The van der Waals surface area contributed by atoms with Crippen molar-refractivity contribution in [3.63, 3.8) is 0 Å². The van der Waals surface area contributed by atoms with Gasteiger partial charge in [-0.05, 0) is 52.6 Å². The number of hydrogen-bond acceptors (Lipinski definition) is 8. The van der Waals surface area contributed by atoms with E-state index in [0.29, 0.717) is 32.4 Å². The van der Waals surface area contributed by atoms with Gasteiger partial charge in [-0.15, -0.1) is 0 Å². The quantitative estimate of drug-likeness (QED) is 0.149. The van der Waals surface area contributed by atoms with Crippen LogP contribution in [-0.4, -0.2) is 83.4 Å². The molecule has 35 heavy (non-hydrogen) atoms. The van der Waals surface area contributed by atoms with Crippen LogP contribution in [0, 0.1) is 0 Å². The van der Waals surface area contributed by atoms with E-state index in [1.807, 2.05) is 18.7 Å². The molecule has 0 radical (unpaired) electrons. The predicted octanol–water partition coefficient (Wildman–Crippen LogP) is 3.22. The van der Waals surface area contributed by atoms with Crippen molar-refractivity contribution in [1.29, 1.82) is 0 Å². The van der Waals surface area contributed by atoms with Gasteiger partial charge in [-0.25, -0.2) is 0 Å². The van der Waals surface area contributed by atoms with Crippen LogP contribution in [0.15, 0.2) is 0 Å². The van der Waals surface area contributed by atoms with E-state index in [2.05, 4.69) is 5.32 Å². The minimum absolute atomic E-state index is 0.119. The average molecular weight is 503 g/mol. The van der Waals surface area contributed by atoms with Crippen molar-refractivity contribution >= 4 is 23.9 Å². The van der Waals surface area contributed by atoms with E-state index < -0.39 is 35.9 Å². The summed E-state index contributed by atoms with van der Waals surface area (Å²) in [7, 11) is 0. The Morgan fingerprint density at radius 1 is 0.886 bits per heavy atom. The second-order valence-corrected chi connectivity index (χ2v) is 8.66. The van der Waals surface area contributed by atoms with E-state index >= 15 is 0 Å². The van der Waals surface area contributed by atoms with Crippen LogP contribution in [-0.2, 0) is 28.7 Å². The number of carboxylic acids is 2. The maximum atomic E-state index is 12.5. The minimum Gasteiger partial charge on any atom is -0.481 e. The lowest BCUT2D eigenvalue weighted by Gasteiger charge is -2.40. The molecule has 10 heteroatoms.